The summed E-state index contributed by atoms with van der Waals surface area (Å²) in [4.78, 5) is 23.8. The topological polar surface area (TPSA) is 120 Å². The first-order valence-corrected chi connectivity index (χ1v) is 13.1. The van der Waals surface area contributed by atoms with E-state index in [4.69, 9.17) is 23.9 Å². The number of halogens is 1. The van der Waals surface area contributed by atoms with Gasteiger partial charge in [-0.1, -0.05) is 0 Å². The molecule has 1 aromatic carbocycles. The van der Waals surface area contributed by atoms with Crippen molar-refractivity contribution in [2.24, 2.45) is 0 Å². The lowest BCUT2D eigenvalue weighted by atomic mass is 10.1. The van der Waals surface area contributed by atoms with E-state index in [0.717, 1.165) is 11.1 Å². The first kappa shape index (κ1) is 27.9. The van der Waals surface area contributed by atoms with E-state index < -0.39 is 29.9 Å². The van der Waals surface area contributed by atoms with Crippen LogP contribution in [0.5, 0.6) is 11.5 Å². The molecule has 38 heavy (non-hydrogen) atoms. The molecule has 0 unspecified atom stereocenters. The number of fused-ring (bicyclic) bond motifs is 1. The van der Waals surface area contributed by atoms with Gasteiger partial charge >= 0.3 is 6.09 Å². The highest BCUT2D eigenvalue weighted by Crippen LogP contribution is 2.33. The maximum Gasteiger partial charge on any atom is 0.410 e. The van der Waals surface area contributed by atoms with Gasteiger partial charge in [-0.25, -0.2) is 14.8 Å². The van der Waals surface area contributed by atoms with Gasteiger partial charge < -0.3 is 29.4 Å². The summed E-state index contributed by atoms with van der Waals surface area (Å²) in [5.74, 6) is 2.61. The molecule has 0 spiro atoms. The summed E-state index contributed by atoms with van der Waals surface area (Å²) in [6.45, 7) is 7.82. The van der Waals surface area contributed by atoms with Gasteiger partial charge in [-0.05, 0) is 55.8 Å². The Morgan fingerprint density at radius 3 is 2.74 bits per heavy atom. The molecule has 1 aliphatic rings. The molecule has 0 aliphatic carbocycles. The van der Waals surface area contributed by atoms with Crippen LogP contribution in [-0.2, 0) is 16.0 Å². The lowest BCUT2D eigenvalue weighted by molar-refractivity contribution is -0.0994. The molecule has 0 radical (unpaired) electrons. The minimum atomic E-state index is -0.790. The third kappa shape index (κ3) is 5.97. The zero-order chi connectivity index (χ0) is 27.6. The van der Waals surface area contributed by atoms with Gasteiger partial charge in [0, 0.05) is 30.6 Å². The van der Waals surface area contributed by atoms with E-state index in [1.54, 1.807) is 33.5 Å². The maximum atomic E-state index is 13.0. The Morgan fingerprint density at radius 1 is 1.32 bits per heavy atom. The summed E-state index contributed by atoms with van der Waals surface area (Å²) in [7, 11) is 3.23. The fraction of sp³-hybridized carbons (Fsp3) is 0.500. The number of carbonyl (C=O) groups is 1. The lowest BCUT2D eigenvalue weighted by Crippen LogP contribution is -2.55. The number of ether oxygens (including phenoxy) is 4. The number of nitrogens with zero attached hydrogens (tertiary/aromatic N) is 4. The summed E-state index contributed by atoms with van der Waals surface area (Å²) >= 11 is 3.57. The lowest BCUT2D eigenvalue weighted by Gasteiger charge is -2.40. The fourth-order valence-corrected chi connectivity index (χ4v) is 4.87. The van der Waals surface area contributed by atoms with Crippen molar-refractivity contribution in [1.29, 1.82) is 0 Å². The molecule has 0 bridgehead atoms. The number of imidazole rings is 1. The number of methoxy groups -OCH3 is 2. The molecule has 2 N–H and O–H groups in total. The first-order valence-electron chi connectivity index (χ1n) is 12.3. The van der Waals surface area contributed by atoms with Gasteiger partial charge in [-0.3, -0.25) is 9.30 Å². The summed E-state index contributed by atoms with van der Waals surface area (Å²) < 4.78 is 25.0. The van der Waals surface area contributed by atoms with Crippen LogP contribution >= 0.6 is 15.9 Å². The second-order valence-corrected chi connectivity index (χ2v) is 10.8. The van der Waals surface area contributed by atoms with Crippen LogP contribution in [0.1, 0.15) is 45.2 Å². The predicted octanol–water partition coefficient (Wildman–Crippen LogP) is 4.18. The van der Waals surface area contributed by atoms with E-state index in [1.807, 2.05) is 43.4 Å². The van der Waals surface area contributed by atoms with Crippen LogP contribution in [0.25, 0.3) is 5.52 Å². The van der Waals surface area contributed by atoms with E-state index >= 15 is 0 Å². The van der Waals surface area contributed by atoms with E-state index in [1.165, 1.54) is 4.90 Å². The molecule has 206 valence electrons. The number of anilines is 1. The highest BCUT2D eigenvalue weighted by Gasteiger charge is 2.39. The Hall–Kier alpha value is -3.09. The molecule has 1 aliphatic heterocycles. The van der Waals surface area contributed by atoms with Crippen LogP contribution in [0.3, 0.4) is 0 Å². The number of morpholine rings is 1. The molecule has 0 saturated carbocycles. The number of hydrogen-bond acceptors (Lipinski definition) is 9. The van der Waals surface area contributed by atoms with Crippen LogP contribution in [0, 0.1) is 0 Å². The maximum absolute atomic E-state index is 13.0. The SMILES string of the molecule is COc1ccc(CNc2nccn3c([C@H]4CN(C(=O)OC(C)(C)C)[C@H]([C@H](C)O)CO4)nc(Br)c23)c(OC)c1. The van der Waals surface area contributed by atoms with Crippen LogP contribution < -0.4 is 14.8 Å². The Morgan fingerprint density at radius 2 is 2.08 bits per heavy atom. The van der Waals surface area contributed by atoms with E-state index in [9.17, 15) is 9.90 Å². The molecule has 3 heterocycles. The van der Waals surface area contributed by atoms with Crippen LogP contribution in [0.2, 0.25) is 0 Å². The van der Waals surface area contributed by atoms with Gasteiger partial charge in [0.25, 0.3) is 0 Å². The van der Waals surface area contributed by atoms with Gasteiger partial charge in [0.2, 0.25) is 0 Å². The second-order valence-electron chi connectivity index (χ2n) is 10.0. The van der Waals surface area contributed by atoms with Gasteiger partial charge in [0.15, 0.2) is 5.82 Å². The Bertz CT molecular complexity index is 1290. The molecule has 1 fully saturated rings. The number of nitrogens with one attached hydrogen (secondary N) is 1. The van der Waals surface area contributed by atoms with E-state index in [-0.39, 0.29) is 13.2 Å². The number of hydrogen-bond donors (Lipinski definition) is 2. The number of benzene rings is 1. The van der Waals surface area contributed by atoms with Crippen molar-refractivity contribution in [1.82, 2.24) is 19.3 Å². The van der Waals surface area contributed by atoms with E-state index in [0.29, 0.717) is 34.3 Å². The zero-order valence-electron chi connectivity index (χ0n) is 22.4. The molecule has 4 rings (SSSR count). The Kier molecular flexibility index (Phi) is 8.34. The van der Waals surface area contributed by atoms with Crippen LogP contribution in [-0.4, -0.2) is 75.6 Å². The molecule has 3 aromatic rings. The quantitative estimate of drug-likeness (QED) is 0.417. The average Bonchev–Trinajstić information content (AvgIpc) is 3.22. The Balaban J connectivity index is 1.60. The number of aliphatic hydroxyl groups is 1. The van der Waals surface area contributed by atoms with Gasteiger partial charge in [0.1, 0.15) is 39.1 Å². The smallest absolute Gasteiger partial charge is 0.410 e. The van der Waals surface area contributed by atoms with Crippen molar-refractivity contribution in [2.75, 3.05) is 32.7 Å². The van der Waals surface area contributed by atoms with Crippen molar-refractivity contribution >= 4 is 33.4 Å². The normalized spacial score (nSPS) is 18.8. The highest BCUT2D eigenvalue weighted by atomic mass is 79.9. The van der Waals surface area contributed by atoms with Crippen LogP contribution in [0.15, 0.2) is 35.2 Å². The molecule has 11 nitrogen and oxygen atoms in total. The zero-order valence-corrected chi connectivity index (χ0v) is 24.0. The fourth-order valence-electron chi connectivity index (χ4n) is 4.31. The predicted molar refractivity (Wildman–Crippen MR) is 145 cm³/mol. The second kappa shape index (κ2) is 11.3. The number of aromatic nitrogens is 3. The number of rotatable bonds is 7. The minimum absolute atomic E-state index is 0.140. The van der Waals surface area contributed by atoms with E-state index in [2.05, 4.69) is 26.2 Å². The standard InChI is InChI=1S/C26H34BrN5O6/c1-15(33)18-14-37-20(13-32(18)25(34)38-26(2,3)4)24-30-22(27)21-23(28-9-10-31(21)24)29-12-16-7-8-17(35-5)11-19(16)36-6/h7-11,15,18,20,33H,12-14H2,1-6H3,(H,28,29)/t15-,18-,20+/m0/s1. The average molecular weight is 592 g/mol. The number of aliphatic hydroxyl groups excluding tert-OH is 1. The monoisotopic (exact) mass is 591 g/mol. The minimum Gasteiger partial charge on any atom is -0.497 e. The summed E-state index contributed by atoms with van der Waals surface area (Å²) in [6.07, 6.45) is 1.62. The van der Waals surface area contributed by atoms with Crippen molar-refractivity contribution in [3.8, 4) is 11.5 Å². The number of amides is 1. The molecular formula is C26H34BrN5O6. The summed E-state index contributed by atoms with van der Waals surface area (Å²) in [5, 5.41) is 13.7. The van der Waals surface area contributed by atoms with Gasteiger partial charge in [0.05, 0.1) is 39.5 Å². The molecule has 1 saturated heterocycles. The summed E-state index contributed by atoms with van der Waals surface area (Å²) in [5.41, 5.74) is 0.983. The summed E-state index contributed by atoms with van der Waals surface area (Å²) in [6, 6.07) is 5.10. The Labute approximate surface area is 230 Å². The van der Waals surface area contributed by atoms with Crippen molar-refractivity contribution < 1.29 is 28.8 Å². The van der Waals surface area contributed by atoms with Crippen molar-refractivity contribution in [2.45, 2.75) is 58.1 Å². The molecule has 1 amide bonds. The molecular weight excluding hydrogens is 558 g/mol. The molecule has 2 aromatic heterocycles. The van der Waals surface area contributed by atoms with Crippen LogP contribution in [0.4, 0.5) is 10.6 Å². The number of carbonyl (C=O) groups excluding carboxylic acids is 1. The molecule has 12 heteroatoms. The first-order chi connectivity index (χ1) is 18.0. The third-order valence-electron chi connectivity index (χ3n) is 6.18. The highest BCUT2D eigenvalue weighted by molar-refractivity contribution is 9.10. The molecule has 3 atom stereocenters. The van der Waals surface area contributed by atoms with Crippen molar-refractivity contribution in [3.05, 3.63) is 46.6 Å². The largest absolute Gasteiger partial charge is 0.497 e. The van der Waals surface area contributed by atoms with Crippen molar-refractivity contribution in [3.63, 3.8) is 0 Å². The third-order valence-corrected chi connectivity index (χ3v) is 6.74. The van der Waals surface area contributed by atoms with Gasteiger partial charge in [-0.15, -0.1) is 0 Å². The van der Waals surface area contributed by atoms with Gasteiger partial charge in [-0.2, -0.15) is 0 Å².